The number of nitrogens with one attached hydrogen (secondary N) is 1. The summed E-state index contributed by atoms with van der Waals surface area (Å²) in [7, 11) is -3.84. The lowest BCUT2D eigenvalue weighted by atomic mass is 10.1. The van der Waals surface area contributed by atoms with Crippen molar-refractivity contribution in [2.75, 3.05) is 11.9 Å². The zero-order valence-electron chi connectivity index (χ0n) is 17.0. The fraction of sp³-hybridized carbons (Fsp3) is 0.500. The summed E-state index contributed by atoms with van der Waals surface area (Å²) in [5, 5.41) is 21.9. The van der Waals surface area contributed by atoms with Gasteiger partial charge in [0.1, 0.15) is 17.2 Å². The Kier molecular flexibility index (Phi) is 5.63. The van der Waals surface area contributed by atoms with Gasteiger partial charge in [-0.05, 0) is 38.2 Å². The van der Waals surface area contributed by atoms with Crippen LogP contribution in [0.25, 0.3) is 0 Å². The van der Waals surface area contributed by atoms with Crippen LogP contribution in [0.4, 0.5) is 23.7 Å². The molecule has 1 aliphatic carbocycles. The molecule has 2 aromatic heterocycles. The van der Waals surface area contributed by atoms with Gasteiger partial charge in [-0.1, -0.05) is 0 Å². The monoisotopic (exact) mass is 474 g/mol. The van der Waals surface area contributed by atoms with Crippen LogP contribution < -0.4 is 15.2 Å². The van der Waals surface area contributed by atoms with Gasteiger partial charge in [0.2, 0.25) is 5.88 Å². The molecule has 2 amide bonds. The second-order valence-corrected chi connectivity index (χ2v) is 9.38. The Morgan fingerprint density at radius 3 is 2.91 bits per heavy atom. The molecule has 4 rings (SSSR count). The van der Waals surface area contributed by atoms with E-state index in [0.717, 1.165) is 6.20 Å². The highest BCUT2D eigenvalue weighted by Gasteiger charge is 2.38. The van der Waals surface area contributed by atoms with Crippen LogP contribution in [0.2, 0.25) is 0 Å². The van der Waals surface area contributed by atoms with Gasteiger partial charge >= 0.3 is 12.2 Å². The number of urea groups is 1. The number of carbonyl (C=O) groups excluding carboxylic acids is 1. The Balaban J connectivity index is 1.68. The number of anilines is 1. The molecule has 0 radical (unpaired) electrons. The zero-order valence-corrected chi connectivity index (χ0v) is 17.8. The van der Waals surface area contributed by atoms with E-state index in [1.807, 2.05) is 0 Å². The lowest BCUT2D eigenvalue weighted by Crippen LogP contribution is -2.21. The number of hydrogen-bond acceptors (Lipinski definition) is 6. The van der Waals surface area contributed by atoms with Crippen molar-refractivity contribution in [2.24, 2.45) is 9.50 Å². The number of fused-ring (bicyclic) bond motifs is 2. The molecule has 1 aliphatic heterocycles. The number of nitrogens with zero attached hydrogens (tertiary/aromatic N) is 4. The van der Waals surface area contributed by atoms with Crippen LogP contribution in [-0.2, 0) is 35.5 Å². The number of aliphatic hydroxyl groups is 1. The molecule has 14 heteroatoms. The first-order valence-electron chi connectivity index (χ1n) is 9.79. The number of aromatic nitrogens is 3. The van der Waals surface area contributed by atoms with Crippen molar-refractivity contribution in [1.29, 1.82) is 0 Å². The van der Waals surface area contributed by atoms with Gasteiger partial charge in [0, 0.05) is 17.8 Å². The van der Waals surface area contributed by atoms with Crippen molar-refractivity contribution in [3.05, 3.63) is 28.7 Å². The Morgan fingerprint density at radius 1 is 1.44 bits per heavy atom. The van der Waals surface area contributed by atoms with Crippen molar-refractivity contribution in [2.45, 2.75) is 56.3 Å². The summed E-state index contributed by atoms with van der Waals surface area (Å²) in [5.74, 6) is 0.0194. The van der Waals surface area contributed by atoms with E-state index in [-0.39, 0.29) is 40.9 Å². The van der Waals surface area contributed by atoms with Gasteiger partial charge < -0.3 is 15.2 Å². The lowest BCUT2D eigenvalue weighted by Gasteiger charge is -2.17. The van der Waals surface area contributed by atoms with Crippen molar-refractivity contribution in [3.8, 4) is 5.88 Å². The van der Waals surface area contributed by atoms with Crippen molar-refractivity contribution in [3.63, 3.8) is 0 Å². The number of halogens is 3. The van der Waals surface area contributed by atoms with E-state index in [1.54, 1.807) is 0 Å². The van der Waals surface area contributed by atoms with Crippen LogP contribution in [0.3, 0.4) is 0 Å². The summed E-state index contributed by atoms with van der Waals surface area (Å²) in [5.41, 5.74) is -0.616. The maximum Gasteiger partial charge on any atom is 0.433 e. The number of carbonyl (C=O) groups is 1. The van der Waals surface area contributed by atoms with E-state index >= 15 is 0 Å². The van der Waals surface area contributed by atoms with Crippen LogP contribution in [-0.4, -0.2) is 42.8 Å². The summed E-state index contributed by atoms with van der Waals surface area (Å²) in [6.07, 6.45) is -2.53. The van der Waals surface area contributed by atoms with Gasteiger partial charge in [0.15, 0.2) is 9.92 Å². The molecule has 10 nitrogen and oxygen atoms in total. The Labute approximate surface area is 181 Å². The third kappa shape index (κ3) is 4.17. The van der Waals surface area contributed by atoms with E-state index in [9.17, 15) is 27.3 Å². The third-order valence-electron chi connectivity index (χ3n) is 5.35. The molecule has 2 aromatic rings. The van der Waals surface area contributed by atoms with Crippen LogP contribution >= 0.6 is 0 Å². The largest absolute Gasteiger partial charge is 0.474 e. The summed E-state index contributed by atoms with van der Waals surface area (Å²) < 4.78 is 63.5. The van der Waals surface area contributed by atoms with E-state index < -0.39 is 33.9 Å². The van der Waals surface area contributed by atoms with E-state index in [0.29, 0.717) is 31.2 Å². The number of alkyl halides is 3. The number of rotatable bonds is 2. The first-order valence-corrected chi connectivity index (χ1v) is 11.4. The molecule has 32 heavy (non-hydrogen) atoms. The minimum absolute atomic E-state index is 0.0194. The number of pyridine rings is 1. The summed E-state index contributed by atoms with van der Waals surface area (Å²) in [6, 6.07) is -1.16. The third-order valence-corrected chi connectivity index (χ3v) is 6.69. The van der Waals surface area contributed by atoms with Crippen molar-refractivity contribution in [1.82, 2.24) is 14.8 Å². The number of hydrogen-bond donors (Lipinski definition) is 3. The van der Waals surface area contributed by atoms with Gasteiger partial charge in [-0.3, -0.25) is 0 Å². The molecular weight excluding hydrogens is 453 g/mol. The van der Waals surface area contributed by atoms with E-state index in [4.69, 9.17) is 9.88 Å². The zero-order chi connectivity index (χ0) is 23.3. The van der Waals surface area contributed by atoms with E-state index in [1.165, 1.54) is 11.6 Å². The maximum atomic E-state index is 13.4. The molecule has 2 atom stereocenters. The molecular formula is C18H21F3N6O4S. The molecule has 174 valence electrons. The lowest BCUT2D eigenvalue weighted by molar-refractivity contribution is -0.141. The average Bonchev–Trinajstić information content (AvgIpc) is 3.28. The summed E-state index contributed by atoms with van der Waals surface area (Å²) in [4.78, 5) is 16.2. The second-order valence-electron chi connectivity index (χ2n) is 7.62. The fourth-order valence-electron chi connectivity index (χ4n) is 3.82. The molecule has 0 saturated heterocycles. The molecule has 4 N–H and O–H groups in total. The molecule has 2 aliphatic rings. The minimum Gasteiger partial charge on any atom is -0.474 e. The first kappa shape index (κ1) is 22.5. The van der Waals surface area contributed by atoms with Gasteiger partial charge in [0.05, 0.1) is 18.0 Å². The number of amides is 2. The van der Waals surface area contributed by atoms with Crippen LogP contribution in [0.5, 0.6) is 5.88 Å². The molecule has 0 bridgehead atoms. The Hall–Kier alpha value is -2.71. The maximum absolute atomic E-state index is 13.4. The SMILES string of the molecule is Cc1c(C(F)(F)F)nc2c(c1NC(=O)N=S(N)(=O)c1cnn3c1OC[C@H](O)CC3)CCC2. The first-order chi connectivity index (χ1) is 15.0. The molecule has 1 unspecified atom stereocenters. The normalized spacial score (nSPS) is 19.9. The van der Waals surface area contributed by atoms with Gasteiger partial charge in [-0.2, -0.15) is 18.3 Å². The fourth-order valence-corrected chi connectivity index (χ4v) is 4.83. The molecule has 0 aromatic carbocycles. The summed E-state index contributed by atoms with van der Waals surface area (Å²) in [6.45, 7) is 1.41. The van der Waals surface area contributed by atoms with Gasteiger partial charge in [0.25, 0.3) is 0 Å². The Morgan fingerprint density at radius 2 is 2.19 bits per heavy atom. The van der Waals surface area contributed by atoms with Crippen LogP contribution in [0, 0.1) is 6.92 Å². The number of aryl methyl sites for hydroxylation is 2. The predicted octanol–water partition coefficient (Wildman–Crippen LogP) is 2.17. The summed E-state index contributed by atoms with van der Waals surface area (Å²) >= 11 is 0. The van der Waals surface area contributed by atoms with Gasteiger partial charge in [-0.25, -0.2) is 23.8 Å². The minimum atomic E-state index is -4.70. The highest BCUT2D eigenvalue weighted by molar-refractivity contribution is 7.91. The molecule has 0 fully saturated rings. The highest BCUT2D eigenvalue weighted by Crippen LogP contribution is 2.39. The van der Waals surface area contributed by atoms with Crippen LogP contribution in [0.15, 0.2) is 15.5 Å². The number of ether oxygens (including phenoxy) is 1. The average molecular weight is 474 g/mol. The smallest absolute Gasteiger partial charge is 0.433 e. The van der Waals surface area contributed by atoms with Gasteiger partial charge in [-0.15, -0.1) is 4.36 Å². The standard InChI is InChI=1S/C18H21F3N6O4S/c1-9-14(11-3-2-4-12(11)24-15(9)18(19,20)21)25-17(29)26-32(22,30)13-7-23-27-6-5-10(28)8-31-16(13)27/h7,10,28H,2-6,8H2,1H3,(H3,22,24,25,26,29,30)/t10-,32?/m1/s1. The van der Waals surface area contributed by atoms with Crippen LogP contribution in [0.1, 0.15) is 35.4 Å². The molecule has 3 heterocycles. The highest BCUT2D eigenvalue weighted by atomic mass is 32.2. The number of aliphatic hydroxyl groups excluding tert-OH is 1. The molecule has 0 spiro atoms. The topological polar surface area (TPSA) is 145 Å². The molecule has 0 saturated carbocycles. The quantitative estimate of drug-likeness (QED) is 0.608. The van der Waals surface area contributed by atoms with E-state index in [2.05, 4.69) is 19.8 Å². The number of nitrogens with two attached hydrogens (primary N) is 1. The second kappa shape index (κ2) is 8.01. The Bertz CT molecular complexity index is 1200. The predicted molar refractivity (Wildman–Crippen MR) is 106 cm³/mol. The van der Waals surface area contributed by atoms with Crippen molar-refractivity contribution >= 4 is 21.6 Å². The van der Waals surface area contributed by atoms with Crippen molar-refractivity contribution < 1.29 is 32.0 Å².